The minimum absolute atomic E-state index is 0.141. The smallest absolute Gasteiger partial charge is 0.271 e. The zero-order valence-electron chi connectivity index (χ0n) is 8.69. The number of alkyl halides is 3. The molecular formula is C10H11F5N2. The van der Waals surface area contributed by atoms with Crippen molar-refractivity contribution in [3.63, 3.8) is 0 Å². The average Bonchev–Trinajstić information content (AvgIpc) is 2.21. The topological polar surface area (TPSA) is 38.0 Å². The Labute approximate surface area is 94.6 Å². The highest BCUT2D eigenvalue weighted by Crippen LogP contribution is 2.23. The van der Waals surface area contributed by atoms with Crippen LogP contribution in [0.5, 0.6) is 0 Å². The Morgan fingerprint density at radius 2 is 1.88 bits per heavy atom. The summed E-state index contributed by atoms with van der Waals surface area (Å²) in [5.74, 6) is 2.71. The van der Waals surface area contributed by atoms with E-state index in [1.807, 2.05) is 5.43 Å². The lowest BCUT2D eigenvalue weighted by molar-refractivity contribution is -0.140. The molecule has 0 fully saturated rings. The van der Waals surface area contributed by atoms with E-state index in [2.05, 4.69) is 0 Å². The summed E-state index contributed by atoms with van der Waals surface area (Å²) in [7, 11) is 0. The van der Waals surface area contributed by atoms with Gasteiger partial charge in [-0.25, -0.2) is 8.78 Å². The average molecular weight is 254 g/mol. The van der Waals surface area contributed by atoms with Gasteiger partial charge >= 0.3 is 6.18 Å². The number of nitrogens with one attached hydrogen (secondary N) is 1. The molecule has 0 spiro atoms. The van der Waals surface area contributed by atoms with Gasteiger partial charge in [0.2, 0.25) is 0 Å². The second kappa shape index (κ2) is 5.42. The highest BCUT2D eigenvalue weighted by Gasteiger charge is 2.31. The number of nitrogens with two attached hydrogens (primary N) is 1. The van der Waals surface area contributed by atoms with E-state index in [0.717, 1.165) is 6.07 Å². The highest BCUT2D eigenvalue weighted by atomic mass is 19.4. The van der Waals surface area contributed by atoms with E-state index in [1.165, 1.54) is 12.1 Å². The van der Waals surface area contributed by atoms with Gasteiger partial charge in [0.05, 0.1) is 6.42 Å². The maximum Gasteiger partial charge on any atom is 0.390 e. The van der Waals surface area contributed by atoms with Gasteiger partial charge in [-0.15, -0.1) is 0 Å². The number of benzene rings is 1. The molecule has 0 aliphatic carbocycles. The van der Waals surface area contributed by atoms with Crippen molar-refractivity contribution in [1.29, 1.82) is 0 Å². The third-order valence-corrected chi connectivity index (χ3v) is 2.21. The standard InChI is InChI=1S/C10H11F5N2/c11-8-3-1-2-6(9(8)12)4-7(17-16)5-10(13,14)15/h1-3,7,17H,4-5,16H2. The van der Waals surface area contributed by atoms with Crippen molar-refractivity contribution >= 4 is 0 Å². The summed E-state index contributed by atoms with van der Waals surface area (Å²) in [6.07, 6.45) is -5.96. The monoisotopic (exact) mass is 254 g/mol. The van der Waals surface area contributed by atoms with Gasteiger partial charge in [0, 0.05) is 6.04 Å². The predicted molar refractivity (Wildman–Crippen MR) is 51.8 cm³/mol. The maximum absolute atomic E-state index is 13.2. The molecule has 0 aromatic heterocycles. The molecule has 0 saturated carbocycles. The summed E-state index contributed by atoms with van der Waals surface area (Å²) in [6.45, 7) is 0. The Balaban J connectivity index is 2.77. The van der Waals surface area contributed by atoms with E-state index >= 15 is 0 Å². The highest BCUT2D eigenvalue weighted by molar-refractivity contribution is 5.20. The van der Waals surface area contributed by atoms with Crippen molar-refractivity contribution in [2.45, 2.75) is 25.1 Å². The van der Waals surface area contributed by atoms with Crippen LogP contribution >= 0.6 is 0 Å². The molecule has 7 heteroatoms. The first-order valence-corrected chi connectivity index (χ1v) is 4.79. The molecule has 0 heterocycles. The van der Waals surface area contributed by atoms with Crippen LogP contribution in [-0.2, 0) is 6.42 Å². The maximum atomic E-state index is 13.2. The molecule has 1 atom stereocenters. The van der Waals surface area contributed by atoms with Gasteiger partial charge in [-0.2, -0.15) is 13.2 Å². The number of hydrogen-bond donors (Lipinski definition) is 2. The van der Waals surface area contributed by atoms with Crippen molar-refractivity contribution in [1.82, 2.24) is 5.43 Å². The van der Waals surface area contributed by atoms with Crippen molar-refractivity contribution in [3.05, 3.63) is 35.4 Å². The fourth-order valence-electron chi connectivity index (χ4n) is 1.44. The number of hydrogen-bond acceptors (Lipinski definition) is 2. The molecule has 3 N–H and O–H groups in total. The Bertz CT molecular complexity index is 377. The number of hydrazine groups is 1. The molecule has 1 aromatic carbocycles. The Morgan fingerprint density at radius 3 is 2.41 bits per heavy atom. The van der Waals surface area contributed by atoms with Crippen LogP contribution in [0.3, 0.4) is 0 Å². The van der Waals surface area contributed by atoms with Crippen LogP contribution in [0.4, 0.5) is 22.0 Å². The van der Waals surface area contributed by atoms with Crippen molar-refractivity contribution in [2.24, 2.45) is 5.84 Å². The second-order valence-electron chi connectivity index (χ2n) is 3.60. The predicted octanol–water partition coefficient (Wildman–Crippen LogP) is 2.29. The SMILES string of the molecule is NNC(Cc1cccc(F)c1F)CC(F)(F)F. The van der Waals surface area contributed by atoms with Crippen molar-refractivity contribution in [2.75, 3.05) is 0 Å². The summed E-state index contributed by atoms with van der Waals surface area (Å²) in [5.41, 5.74) is 1.80. The molecule has 0 radical (unpaired) electrons. The summed E-state index contributed by atoms with van der Waals surface area (Å²) in [5, 5.41) is 0. The van der Waals surface area contributed by atoms with E-state index in [0.29, 0.717) is 0 Å². The summed E-state index contributed by atoms with van der Waals surface area (Å²) in [6, 6.07) is 2.16. The molecule has 0 aliphatic rings. The van der Waals surface area contributed by atoms with Gasteiger partial charge in [-0.3, -0.25) is 11.3 Å². The molecule has 2 nitrogen and oxygen atoms in total. The Hall–Kier alpha value is -1.21. The molecule has 0 aliphatic heterocycles. The zero-order chi connectivity index (χ0) is 13.1. The van der Waals surface area contributed by atoms with Gasteiger partial charge in [-0.1, -0.05) is 12.1 Å². The van der Waals surface area contributed by atoms with Crippen molar-refractivity contribution in [3.8, 4) is 0 Å². The van der Waals surface area contributed by atoms with Crippen molar-refractivity contribution < 1.29 is 22.0 Å². The van der Waals surface area contributed by atoms with Crippen LogP contribution in [0.25, 0.3) is 0 Å². The zero-order valence-corrected chi connectivity index (χ0v) is 8.69. The molecule has 1 unspecified atom stereocenters. The normalized spacial score (nSPS) is 13.8. The molecular weight excluding hydrogens is 243 g/mol. The molecule has 1 aromatic rings. The van der Waals surface area contributed by atoms with Crippen LogP contribution < -0.4 is 11.3 Å². The summed E-state index contributed by atoms with van der Waals surface area (Å²) >= 11 is 0. The van der Waals surface area contributed by atoms with Gasteiger partial charge in [-0.05, 0) is 18.1 Å². The van der Waals surface area contributed by atoms with Crippen LogP contribution in [0.2, 0.25) is 0 Å². The fraction of sp³-hybridized carbons (Fsp3) is 0.400. The molecule has 1 rings (SSSR count). The lowest BCUT2D eigenvalue weighted by Crippen LogP contribution is -2.40. The minimum atomic E-state index is -4.42. The minimum Gasteiger partial charge on any atom is -0.271 e. The third-order valence-electron chi connectivity index (χ3n) is 2.21. The van der Waals surface area contributed by atoms with E-state index in [9.17, 15) is 22.0 Å². The number of rotatable bonds is 4. The lowest BCUT2D eigenvalue weighted by Gasteiger charge is -2.18. The first-order chi connectivity index (χ1) is 7.83. The summed E-state index contributed by atoms with van der Waals surface area (Å²) in [4.78, 5) is 0. The molecule has 0 amide bonds. The van der Waals surface area contributed by atoms with Crippen LogP contribution in [0, 0.1) is 11.6 Å². The fourth-order valence-corrected chi connectivity index (χ4v) is 1.44. The number of halogens is 5. The Kier molecular flexibility index (Phi) is 4.41. The molecule has 17 heavy (non-hydrogen) atoms. The molecule has 0 saturated heterocycles. The van der Waals surface area contributed by atoms with Gasteiger partial charge < -0.3 is 0 Å². The van der Waals surface area contributed by atoms with Gasteiger partial charge in [0.25, 0.3) is 0 Å². The van der Waals surface area contributed by atoms with Crippen LogP contribution in [0.1, 0.15) is 12.0 Å². The van der Waals surface area contributed by atoms with Gasteiger partial charge in [0.15, 0.2) is 11.6 Å². The van der Waals surface area contributed by atoms with Crippen LogP contribution in [-0.4, -0.2) is 12.2 Å². The lowest BCUT2D eigenvalue weighted by atomic mass is 10.0. The second-order valence-corrected chi connectivity index (χ2v) is 3.60. The van der Waals surface area contributed by atoms with Crippen LogP contribution in [0.15, 0.2) is 18.2 Å². The van der Waals surface area contributed by atoms with E-state index in [-0.39, 0.29) is 12.0 Å². The first kappa shape index (κ1) is 13.9. The molecule has 0 bridgehead atoms. The largest absolute Gasteiger partial charge is 0.390 e. The van der Waals surface area contributed by atoms with E-state index < -0.39 is 30.3 Å². The van der Waals surface area contributed by atoms with E-state index in [4.69, 9.17) is 5.84 Å². The quantitative estimate of drug-likeness (QED) is 0.491. The van der Waals surface area contributed by atoms with Gasteiger partial charge in [0.1, 0.15) is 0 Å². The Morgan fingerprint density at radius 1 is 1.24 bits per heavy atom. The van der Waals surface area contributed by atoms with E-state index in [1.54, 1.807) is 0 Å². The third kappa shape index (κ3) is 4.27. The summed E-state index contributed by atoms with van der Waals surface area (Å²) < 4.78 is 62.4. The first-order valence-electron chi connectivity index (χ1n) is 4.79. The molecule has 96 valence electrons.